The van der Waals surface area contributed by atoms with Crippen LogP contribution in [-0.2, 0) is 10.3 Å². The number of phenolic OH excluding ortho intramolecular Hbond substituents is 1. The molecule has 0 fully saturated rings. The summed E-state index contributed by atoms with van der Waals surface area (Å²) in [6.07, 6.45) is 1.69. The van der Waals surface area contributed by atoms with Gasteiger partial charge >= 0.3 is 5.97 Å². The van der Waals surface area contributed by atoms with Crippen molar-refractivity contribution in [3.63, 3.8) is 0 Å². The number of aliphatic hydroxyl groups is 1. The van der Waals surface area contributed by atoms with E-state index in [1.165, 1.54) is 18.2 Å². The van der Waals surface area contributed by atoms with E-state index in [2.05, 4.69) is 0 Å². The van der Waals surface area contributed by atoms with Gasteiger partial charge in [-0.3, -0.25) is 0 Å². The molecule has 2 N–H and O–H groups in total. The van der Waals surface area contributed by atoms with E-state index in [9.17, 15) is 15.0 Å². The summed E-state index contributed by atoms with van der Waals surface area (Å²) in [5, 5.41) is 19.3. The Bertz CT molecular complexity index is 1040. The molecule has 0 amide bonds. The first-order chi connectivity index (χ1) is 12.5. The summed E-state index contributed by atoms with van der Waals surface area (Å²) in [6.45, 7) is 0. The molecule has 5 nitrogen and oxygen atoms in total. The normalized spacial score (nSPS) is 25.8. The van der Waals surface area contributed by atoms with E-state index in [4.69, 9.17) is 21.1 Å². The first-order valence-corrected chi connectivity index (χ1v) is 8.57. The van der Waals surface area contributed by atoms with Crippen LogP contribution in [0.4, 0.5) is 0 Å². The number of ether oxygens (including phenoxy) is 2. The maximum absolute atomic E-state index is 12.6. The average Bonchev–Trinajstić information content (AvgIpc) is 2.88. The molecule has 6 heteroatoms. The average molecular weight is 369 g/mol. The highest BCUT2D eigenvalue weighted by Crippen LogP contribution is 2.57. The summed E-state index contributed by atoms with van der Waals surface area (Å²) >= 11 is 6.59. The fourth-order valence-corrected chi connectivity index (χ4v) is 4.39. The highest BCUT2D eigenvalue weighted by Gasteiger charge is 2.56. The van der Waals surface area contributed by atoms with Gasteiger partial charge in [-0.15, -0.1) is 11.6 Å². The summed E-state index contributed by atoms with van der Waals surface area (Å²) in [7, 11) is 0. The third kappa shape index (κ3) is 1.83. The summed E-state index contributed by atoms with van der Waals surface area (Å²) in [6, 6.07) is 11.8. The number of phenols is 1. The molecule has 0 saturated heterocycles. The summed E-state index contributed by atoms with van der Waals surface area (Å²) < 4.78 is 11.8. The van der Waals surface area contributed by atoms with Crippen molar-refractivity contribution < 1.29 is 24.5 Å². The van der Waals surface area contributed by atoms with Gasteiger partial charge in [0.25, 0.3) is 0 Å². The van der Waals surface area contributed by atoms with Crippen molar-refractivity contribution in [3.8, 4) is 11.5 Å². The van der Waals surface area contributed by atoms with Crippen LogP contribution in [0.2, 0.25) is 0 Å². The van der Waals surface area contributed by atoms with Crippen molar-refractivity contribution >= 4 is 17.6 Å². The van der Waals surface area contributed by atoms with Crippen LogP contribution < -0.4 is 4.74 Å². The van der Waals surface area contributed by atoms with Crippen LogP contribution in [0.15, 0.2) is 65.6 Å². The number of allylic oxidation sites excluding steroid dienone is 2. The molecule has 2 heterocycles. The Labute approximate surface area is 153 Å². The topological polar surface area (TPSA) is 76.0 Å². The van der Waals surface area contributed by atoms with Gasteiger partial charge in [-0.05, 0) is 18.2 Å². The van der Waals surface area contributed by atoms with Crippen molar-refractivity contribution in [3.05, 3.63) is 82.3 Å². The number of alkyl halides is 1. The lowest BCUT2D eigenvalue weighted by molar-refractivity contribution is 0.0190. The monoisotopic (exact) mass is 368 g/mol. The molecule has 26 heavy (non-hydrogen) atoms. The van der Waals surface area contributed by atoms with Crippen LogP contribution in [0.25, 0.3) is 0 Å². The molecule has 2 unspecified atom stereocenters. The van der Waals surface area contributed by atoms with Crippen LogP contribution in [0.5, 0.6) is 11.5 Å². The first kappa shape index (κ1) is 15.3. The zero-order chi connectivity index (χ0) is 18.1. The molecule has 2 atom stereocenters. The van der Waals surface area contributed by atoms with E-state index in [1.807, 2.05) is 12.1 Å². The quantitative estimate of drug-likeness (QED) is 0.544. The standard InChI is InChI=1S/C20H13ClO5/c21-15-7-11(23)9-17-18(15)20(14-6-5-10(22)8-16(14)25-17)13-4-2-1-3-12(13)19(24)26-20/h1-6,8-9,15,22-23H,7H2. The summed E-state index contributed by atoms with van der Waals surface area (Å²) in [5.74, 6) is 0.336. The van der Waals surface area contributed by atoms with Crippen molar-refractivity contribution in [2.45, 2.75) is 17.4 Å². The lowest BCUT2D eigenvalue weighted by Gasteiger charge is -2.40. The minimum Gasteiger partial charge on any atom is -0.512 e. The Balaban J connectivity index is 1.90. The summed E-state index contributed by atoms with van der Waals surface area (Å²) in [4.78, 5) is 12.6. The van der Waals surface area contributed by atoms with Gasteiger partial charge in [-0.1, -0.05) is 18.2 Å². The molecule has 2 aromatic carbocycles. The molecule has 0 bridgehead atoms. The molecule has 0 aromatic heterocycles. The Morgan fingerprint density at radius 2 is 1.92 bits per heavy atom. The van der Waals surface area contributed by atoms with Gasteiger partial charge in [0.05, 0.1) is 16.7 Å². The van der Waals surface area contributed by atoms with E-state index < -0.39 is 16.9 Å². The van der Waals surface area contributed by atoms with Crippen molar-refractivity contribution in [2.75, 3.05) is 0 Å². The SMILES string of the molecule is O=C1OC2(C3=C(C=C(O)CC3Cl)Oc3cc(O)ccc32)c2ccccc21. The molecule has 2 aliphatic heterocycles. The number of fused-ring (bicyclic) bond motifs is 5. The van der Waals surface area contributed by atoms with E-state index in [0.29, 0.717) is 33.8 Å². The summed E-state index contributed by atoms with van der Waals surface area (Å²) in [5.41, 5.74) is 1.06. The van der Waals surface area contributed by atoms with E-state index in [1.54, 1.807) is 18.2 Å². The Morgan fingerprint density at radius 3 is 2.77 bits per heavy atom. The smallest absolute Gasteiger partial charge is 0.340 e. The number of hydrogen-bond acceptors (Lipinski definition) is 5. The van der Waals surface area contributed by atoms with Crippen molar-refractivity contribution in [2.24, 2.45) is 0 Å². The van der Waals surface area contributed by atoms with Crippen LogP contribution in [0, 0.1) is 0 Å². The number of carbonyl (C=O) groups is 1. The van der Waals surface area contributed by atoms with Gasteiger partial charge in [0.2, 0.25) is 0 Å². The molecule has 130 valence electrons. The number of aromatic hydroxyl groups is 1. The molecule has 3 aliphatic rings. The number of esters is 1. The molecular formula is C20H13ClO5. The van der Waals surface area contributed by atoms with Crippen LogP contribution >= 0.6 is 11.6 Å². The van der Waals surface area contributed by atoms with Crippen LogP contribution in [0.3, 0.4) is 0 Å². The second-order valence-corrected chi connectivity index (χ2v) is 7.01. The second kappa shape index (κ2) is 5.05. The van der Waals surface area contributed by atoms with Crippen LogP contribution in [0.1, 0.15) is 27.9 Å². The van der Waals surface area contributed by atoms with Gasteiger partial charge in [0.15, 0.2) is 5.60 Å². The zero-order valence-electron chi connectivity index (χ0n) is 13.4. The molecule has 5 rings (SSSR count). The fourth-order valence-electron chi connectivity index (χ4n) is 3.97. The number of rotatable bonds is 0. The van der Waals surface area contributed by atoms with Gasteiger partial charge in [-0.2, -0.15) is 0 Å². The highest BCUT2D eigenvalue weighted by atomic mass is 35.5. The molecule has 2 aromatic rings. The molecule has 1 spiro atoms. The van der Waals surface area contributed by atoms with Crippen molar-refractivity contribution in [1.29, 1.82) is 0 Å². The largest absolute Gasteiger partial charge is 0.512 e. The predicted molar refractivity (Wildman–Crippen MR) is 93.4 cm³/mol. The number of hydrogen-bond donors (Lipinski definition) is 2. The molecule has 0 radical (unpaired) electrons. The maximum Gasteiger partial charge on any atom is 0.340 e. The third-order valence-corrected chi connectivity index (χ3v) is 5.35. The highest BCUT2D eigenvalue weighted by molar-refractivity contribution is 6.23. The zero-order valence-corrected chi connectivity index (χ0v) is 14.2. The Morgan fingerprint density at radius 1 is 1.12 bits per heavy atom. The van der Waals surface area contributed by atoms with Gasteiger partial charge in [0, 0.05) is 35.3 Å². The second-order valence-electron chi connectivity index (χ2n) is 6.48. The maximum atomic E-state index is 12.6. The first-order valence-electron chi connectivity index (χ1n) is 8.13. The van der Waals surface area contributed by atoms with E-state index in [0.717, 1.165) is 0 Å². The van der Waals surface area contributed by atoms with Gasteiger partial charge in [0.1, 0.15) is 17.3 Å². The van der Waals surface area contributed by atoms with E-state index in [-0.39, 0.29) is 17.9 Å². The third-order valence-electron chi connectivity index (χ3n) is 4.98. The van der Waals surface area contributed by atoms with E-state index >= 15 is 0 Å². The predicted octanol–water partition coefficient (Wildman–Crippen LogP) is 3.91. The number of halogens is 1. The molecule has 1 aliphatic carbocycles. The molecule has 0 saturated carbocycles. The number of benzene rings is 2. The Kier molecular flexibility index (Phi) is 2.98. The van der Waals surface area contributed by atoms with Gasteiger partial charge in [-0.25, -0.2) is 4.79 Å². The minimum atomic E-state index is -1.24. The van der Waals surface area contributed by atoms with Crippen LogP contribution in [-0.4, -0.2) is 21.6 Å². The Hall–Kier alpha value is -2.92. The molecular weight excluding hydrogens is 356 g/mol. The lowest BCUT2D eigenvalue weighted by atomic mass is 9.74. The minimum absolute atomic E-state index is 0.0204. The lowest BCUT2D eigenvalue weighted by Crippen LogP contribution is -2.40. The van der Waals surface area contributed by atoms with Crippen molar-refractivity contribution in [1.82, 2.24) is 0 Å². The number of carbonyl (C=O) groups excluding carboxylic acids is 1. The van der Waals surface area contributed by atoms with Gasteiger partial charge < -0.3 is 19.7 Å². The fraction of sp³-hybridized carbons (Fsp3) is 0.150. The number of aliphatic hydroxyl groups excluding tert-OH is 1.